The van der Waals surface area contributed by atoms with Gasteiger partial charge in [-0.05, 0) is 58.9 Å². The maximum Gasteiger partial charge on any atom is 0.497 e. The Balaban J connectivity index is 1.82. The summed E-state index contributed by atoms with van der Waals surface area (Å²) in [5.41, 5.74) is 3.33. The van der Waals surface area contributed by atoms with Gasteiger partial charge < -0.3 is 14.3 Å². The zero-order valence-corrected chi connectivity index (χ0v) is 19.2. The van der Waals surface area contributed by atoms with Crippen LogP contribution >= 0.6 is 0 Å². The monoisotopic (exact) mass is 421 g/mol. The Hall–Kier alpha value is -2.51. The summed E-state index contributed by atoms with van der Waals surface area (Å²) in [6.07, 6.45) is 0. The van der Waals surface area contributed by atoms with Crippen LogP contribution in [-0.4, -0.2) is 33.3 Å². The van der Waals surface area contributed by atoms with E-state index in [9.17, 15) is 4.39 Å². The highest BCUT2D eigenvalue weighted by atomic mass is 19.1. The van der Waals surface area contributed by atoms with Crippen molar-refractivity contribution in [3.05, 3.63) is 53.7 Å². The minimum atomic E-state index is -0.783. The smallest absolute Gasteiger partial charge is 0.399 e. The predicted octanol–water partition coefficient (Wildman–Crippen LogP) is 5.01. The zero-order valence-electron chi connectivity index (χ0n) is 19.2. The van der Waals surface area contributed by atoms with Crippen molar-refractivity contribution >= 4 is 12.6 Å². The number of halogens is 1. The molecular weight excluding hydrogens is 392 g/mol. The first kappa shape index (κ1) is 21.7. The highest BCUT2D eigenvalue weighted by Crippen LogP contribution is 2.37. The lowest BCUT2D eigenvalue weighted by Crippen LogP contribution is -2.41. The van der Waals surface area contributed by atoms with E-state index in [1.54, 1.807) is 12.1 Å². The fraction of sp³-hybridized carbons (Fsp3) is 0.417. The molecule has 0 unspecified atom stereocenters. The van der Waals surface area contributed by atoms with E-state index in [2.05, 4.69) is 23.8 Å². The second-order valence-corrected chi connectivity index (χ2v) is 9.49. The number of nitrogens with one attached hydrogen (secondary N) is 1. The van der Waals surface area contributed by atoms with E-state index in [1.165, 1.54) is 6.07 Å². The predicted molar refractivity (Wildman–Crippen MR) is 122 cm³/mol. The van der Waals surface area contributed by atoms with Crippen molar-refractivity contribution in [3.63, 3.8) is 0 Å². The van der Waals surface area contributed by atoms with Crippen LogP contribution in [0.5, 0.6) is 0 Å². The summed E-state index contributed by atoms with van der Waals surface area (Å²) >= 11 is 0. The first-order valence-electron chi connectivity index (χ1n) is 10.7. The molecule has 5 nitrogen and oxygen atoms in total. The Bertz CT molecular complexity index is 1110. The molecule has 2 aromatic heterocycles. The van der Waals surface area contributed by atoms with Crippen LogP contribution in [0.25, 0.3) is 22.6 Å². The number of nitrogens with zero attached hydrogens (tertiary/aromatic N) is 2. The van der Waals surface area contributed by atoms with Crippen molar-refractivity contribution in [3.8, 4) is 22.6 Å². The molecule has 0 atom stereocenters. The van der Waals surface area contributed by atoms with Crippen molar-refractivity contribution in [2.75, 3.05) is 0 Å². The van der Waals surface area contributed by atoms with Crippen LogP contribution in [0.3, 0.4) is 0 Å². The molecule has 1 fully saturated rings. The molecule has 0 amide bonds. The number of hydrogen-bond donors (Lipinski definition) is 1. The summed E-state index contributed by atoms with van der Waals surface area (Å²) in [7, 11) is -0.783. The van der Waals surface area contributed by atoms with Gasteiger partial charge in [-0.3, -0.25) is 4.98 Å². The fourth-order valence-electron chi connectivity index (χ4n) is 3.58. The van der Waals surface area contributed by atoms with Crippen LogP contribution in [0, 0.1) is 12.7 Å². The Labute approximate surface area is 183 Å². The summed E-state index contributed by atoms with van der Waals surface area (Å²) in [5.74, 6) is 0.701. The van der Waals surface area contributed by atoms with Crippen LogP contribution in [-0.2, 0) is 9.31 Å². The molecular formula is C24H29BFN3O2. The van der Waals surface area contributed by atoms with E-state index in [4.69, 9.17) is 14.3 Å². The highest BCUT2D eigenvalue weighted by molar-refractivity contribution is 6.62. The number of rotatable bonds is 4. The summed E-state index contributed by atoms with van der Waals surface area (Å²) < 4.78 is 27.0. The van der Waals surface area contributed by atoms with Crippen LogP contribution < -0.4 is 5.46 Å². The van der Waals surface area contributed by atoms with Gasteiger partial charge in [0.25, 0.3) is 0 Å². The Morgan fingerprint density at radius 1 is 1.00 bits per heavy atom. The van der Waals surface area contributed by atoms with Gasteiger partial charge in [-0.15, -0.1) is 0 Å². The zero-order chi connectivity index (χ0) is 22.6. The molecule has 0 radical (unpaired) electrons. The third-order valence-electron chi connectivity index (χ3n) is 6.19. The topological polar surface area (TPSA) is 60.0 Å². The fourth-order valence-corrected chi connectivity index (χ4v) is 3.58. The van der Waals surface area contributed by atoms with Crippen LogP contribution in [0.1, 0.15) is 59.0 Å². The van der Waals surface area contributed by atoms with Gasteiger partial charge in [-0.1, -0.05) is 26.0 Å². The minimum Gasteiger partial charge on any atom is -0.399 e. The van der Waals surface area contributed by atoms with E-state index < -0.39 is 18.3 Å². The molecule has 162 valence electrons. The third-order valence-corrected chi connectivity index (χ3v) is 6.19. The standard InChI is InChI=1S/C24H29BFN3O2/c1-14(2)22-28-20(21(29-22)19-10-8-9-15(3)27-19)16-11-12-18(26)17(13-16)25-30-23(4,5)24(6,7)31-25/h8-14H,1-7H3,(H,28,29). The van der Waals surface area contributed by atoms with Gasteiger partial charge in [0.2, 0.25) is 0 Å². The quantitative estimate of drug-likeness (QED) is 0.602. The number of imidazole rings is 1. The number of H-pyrrole nitrogens is 1. The molecule has 1 aliphatic heterocycles. The van der Waals surface area contributed by atoms with Crippen molar-refractivity contribution in [2.45, 2.75) is 65.6 Å². The molecule has 0 bridgehead atoms. The molecule has 1 aliphatic rings. The van der Waals surface area contributed by atoms with E-state index in [0.29, 0.717) is 5.46 Å². The number of aromatic nitrogens is 3. The van der Waals surface area contributed by atoms with Gasteiger partial charge in [0.15, 0.2) is 0 Å². The molecule has 0 aliphatic carbocycles. The number of aromatic amines is 1. The van der Waals surface area contributed by atoms with E-state index in [0.717, 1.165) is 34.2 Å². The molecule has 7 heteroatoms. The summed E-state index contributed by atoms with van der Waals surface area (Å²) in [4.78, 5) is 12.9. The van der Waals surface area contributed by atoms with Crippen molar-refractivity contribution in [1.29, 1.82) is 0 Å². The van der Waals surface area contributed by atoms with Gasteiger partial charge >= 0.3 is 7.12 Å². The lowest BCUT2D eigenvalue weighted by Gasteiger charge is -2.32. The molecule has 31 heavy (non-hydrogen) atoms. The Morgan fingerprint density at radius 2 is 1.68 bits per heavy atom. The lowest BCUT2D eigenvalue weighted by atomic mass is 9.77. The maximum absolute atomic E-state index is 14.9. The lowest BCUT2D eigenvalue weighted by molar-refractivity contribution is 0.00578. The maximum atomic E-state index is 14.9. The number of benzene rings is 1. The highest BCUT2D eigenvalue weighted by Gasteiger charge is 2.52. The van der Waals surface area contributed by atoms with E-state index in [1.807, 2.05) is 52.8 Å². The van der Waals surface area contributed by atoms with Gasteiger partial charge in [0, 0.05) is 22.6 Å². The minimum absolute atomic E-state index is 0.209. The van der Waals surface area contributed by atoms with Gasteiger partial charge in [-0.2, -0.15) is 0 Å². The van der Waals surface area contributed by atoms with Crippen molar-refractivity contribution < 1.29 is 13.7 Å². The normalized spacial score (nSPS) is 17.5. The number of aryl methyl sites for hydroxylation is 1. The molecule has 3 aromatic rings. The average Bonchev–Trinajstić information content (AvgIpc) is 3.21. The van der Waals surface area contributed by atoms with Gasteiger partial charge in [0.1, 0.15) is 11.6 Å². The van der Waals surface area contributed by atoms with E-state index in [-0.39, 0.29) is 11.7 Å². The first-order chi connectivity index (χ1) is 14.5. The Kier molecular flexibility index (Phi) is 5.30. The van der Waals surface area contributed by atoms with Crippen LogP contribution in [0.2, 0.25) is 0 Å². The summed E-state index contributed by atoms with van der Waals surface area (Å²) in [6.45, 7) is 13.9. The average molecular weight is 421 g/mol. The summed E-state index contributed by atoms with van der Waals surface area (Å²) in [5, 5.41) is 0. The second kappa shape index (κ2) is 7.57. The first-order valence-corrected chi connectivity index (χ1v) is 10.7. The summed E-state index contributed by atoms with van der Waals surface area (Å²) in [6, 6.07) is 10.8. The van der Waals surface area contributed by atoms with E-state index >= 15 is 0 Å². The SMILES string of the molecule is Cc1cccc(-c2[nH]c(C(C)C)nc2-c2ccc(F)c(B3OC(C)(C)C(C)(C)O3)c2)n1. The largest absolute Gasteiger partial charge is 0.497 e. The van der Waals surface area contributed by atoms with Crippen molar-refractivity contribution in [1.82, 2.24) is 15.0 Å². The van der Waals surface area contributed by atoms with Crippen molar-refractivity contribution in [2.24, 2.45) is 0 Å². The van der Waals surface area contributed by atoms with Gasteiger partial charge in [0.05, 0.1) is 28.3 Å². The molecule has 3 heterocycles. The molecule has 4 rings (SSSR count). The second-order valence-electron chi connectivity index (χ2n) is 9.49. The molecule has 0 spiro atoms. The van der Waals surface area contributed by atoms with Crippen LogP contribution in [0.15, 0.2) is 36.4 Å². The third kappa shape index (κ3) is 3.92. The number of pyridine rings is 1. The number of hydrogen-bond acceptors (Lipinski definition) is 4. The molecule has 1 aromatic carbocycles. The Morgan fingerprint density at radius 3 is 2.29 bits per heavy atom. The molecule has 0 saturated carbocycles. The van der Waals surface area contributed by atoms with Gasteiger partial charge in [-0.25, -0.2) is 9.37 Å². The molecule has 1 saturated heterocycles. The van der Waals surface area contributed by atoms with Crippen LogP contribution in [0.4, 0.5) is 4.39 Å². The molecule has 1 N–H and O–H groups in total.